The molecule has 4 heteroatoms. The smallest absolute Gasteiger partial charge is 0.204 e. The fourth-order valence-corrected chi connectivity index (χ4v) is 3.28. The van der Waals surface area contributed by atoms with Crippen LogP contribution in [0.2, 0.25) is 0 Å². The van der Waals surface area contributed by atoms with Crippen molar-refractivity contribution in [3.05, 3.63) is 58.3 Å². The highest BCUT2D eigenvalue weighted by molar-refractivity contribution is 9.25. The molecule has 2 aromatic rings. The van der Waals surface area contributed by atoms with Gasteiger partial charge in [0.05, 0.1) is 4.88 Å². The van der Waals surface area contributed by atoms with Crippen molar-refractivity contribution in [2.75, 3.05) is 0 Å². The number of alkyl halides is 2. The zero-order chi connectivity index (χ0) is 11.6. The van der Waals surface area contributed by atoms with E-state index in [4.69, 9.17) is 0 Å². The van der Waals surface area contributed by atoms with Crippen LogP contribution in [0.4, 0.5) is 0 Å². The van der Waals surface area contributed by atoms with E-state index in [9.17, 15) is 4.79 Å². The summed E-state index contributed by atoms with van der Waals surface area (Å²) < 4.78 is -0.827. The van der Waals surface area contributed by atoms with Gasteiger partial charge in [-0.1, -0.05) is 68.3 Å². The minimum atomic E-state index is -0.827. The van der Waals surface area contributed by atoms with Crippen LogP contribution in [0.25, 0.3) is 0 Å². The first kappa shape index (κ1) is 12.0. The zero-order valence-electron chi connectivity index (χ0n) is 8.19. The lowest BCUT2D eigenvalue weighted by Gasteiger charge is -2.18. The van der Waals surface area contributed by atoms with Gasteiger partial charge in [0.25, 0.3) is 0 Å². The van der Waals surface area contributed by atoms with Crippen LogP contribution in [0.5, 0.6) is 0 Å². The third kappa shape index (κ3) is 2.29. The molecule has 0 radical (unpaired) electrons. The number of rotatable bonds is 3. The maximum atomic E-state index is 12.2. The van der Waals surface area contributed by atoms with Crippen LogP contribution in [0.1, 0.15) is 15.2 Å². The Morgan fingerprint density at radius 1 is 1.06 bits per heavy atom. The van der Waals surface area contributed by atoms with Gasteiger partial charge in [0.15, 0.2) is 3.23 Å². The number of hydrogen-bond donors (Lipinski definition) is 0. The highest BCUT2D eigenvalue weighted by Crippen LogP contribution is 2.41. The molecular formula is C12H8Br2OS. The molecule has 0 unspecified atom stereocenters. The molecule has 0 spiro atoms. The van der Waals surface area contributed by atoms with Gasteiger partial charge in [-0.3, -0.25) is 4.79 Å². The van der Waals surface area contributed by atoms with Gasteiger partial charge in [-0.25, -0.2) is 0 Å². The average molecular weight is 360 g/mol. The molecule has 0 bridgehead atoms. The summed E-state index contributed by atoms with van der Waals surface area (Å²) in [5.74, 6) is 0.0219. The summed E-state index contributed by atoms with van der Waals surface area (Å²) >= 11 is 8.34. The Bertz CT molecular complexity index is 477. The van der Waals surface area contributed by atoms with Gasteiger partial charge in [-0.15, -0.1) is 11.3 Å². The monoisotopic (exact) mass is 358 g/mol. The number of ketones is 1. The number of Topliss-reactive ketones (excluding diaryl/α,β-unsaturated/α-hetero) is 1. The summed E-state index contributed by atoms with van der Waals surface area (Å²) in [7, 11) is 0. The molecule has 0 aliphatic heterocycles. The molecule has 1 aromatic heterocycles. The molecule has 0 amide bonds. The minimum absolute atomic E-state index is 0.0219. The summed E-state index contributed by atoms with van der Waals surface area (Å²) in [6.45, 7) is 0. The third-order valence-corrected chi connectivity index (χ3v) is 4.67. The second kappa shape index (κ2) is 4.82. The van der Waals surface area contributed by atoms with Crippen molar-refractivity contribution < 1.29 is 4.79 Å². The van der Waals surface area contributed by atoms with E-state index in [-0.39, 0.29) is 5.78 Å². The van der Waals surface area contributed by atoms with E-state index >= 15 is 0 Å². The Hall–Kier alpha value is -0.450. The standard InChI is InChI=1S/C12H8Br2OS/c13-12(14,9-5-2-1-3-6-9)11(15)10-7-4-8-16-10/h1-8H. The van der Waals surface area contributed by atoms with Crippen molar-refractivity contribution in [3.8, 4) is 0 Å². The molecule has 2 rings (SSSR count). The summed E-state index contributed by atoms with van der Waals surface area (Å²) in [5.41, 5.74) is 0.897. The predicted octanol–water partition coefficient (Wildman–Crippen LogP) is 4.57. The minimum Gasteiger partial charge on any atom is -0.290 e. The second-order valence-electron chi connectivity index (χ2n) is 3.25. The highest BCUT2D eigenvalue weighted by atomic mass is 79.9. The Morgan fingerprint density at radius 3 is 2.31 bits per heavy atom. The fraction of sp³-hybridized carbons (Fsp3) is 0.0833. The maximum absolute atomic E-state index is 12.2. The molecule has 1 heterocycles. The summed E-state index contributed by atoms with van der Waals surface area (Å²) in [4.78, 5) is 13.0. The Morgan fingerprint density at radius 2 is 1.75 bits per heavy atom. The van der Waals surface area contributed by atoms with Crippen LogP contribution < -0.4 is 0 Å². The SMILES string of the molecule is O=C(c1cccs1)C(Br)(Br)c1ccccc1. The summed E-state index contributed by atoms with van der Waals surface area (Å²) in [6.07, 6.45) is 0. The number of halogens is 2. The number of carbonyl (C=O) groups is 1. The van der Waals surface area contributed by atoms with Crippen molar-refractivity contribution in [1.29, 1.82) is 0 Å². The molecule has 82 valence electrons. The van der Waals surface area contributed by atoms with E-state index in [1.165, 1.54) is 11.3 Å². The van der Waals surface area contributed by atoms with Crippen molar-refractivity contribution in [2.24, 2.45) is 0 Å². The van der Waals surface area contributed by atoms with Crippen LogP contribution in [-0.2, 0) is 3.23 Å². The molecule has 1 nitrogen and oxygen atoms in total. The first-order valence-corrected chi connectivity index (χ1v) is 7.10. The molecule has 0 fully saturated rings. The van der Waals surface area contributed by atoms with E-state index in [0.717, 1.165) is 10.4 Å². The fourth-order valence-electron chi connectivity index (χ4n) is 1.34. The molecule has 1 aromatic carbocycles. The molecule has 0 aliphatic carbocycles. The number of carbonyl (C=O) groups excluding carboxylic acids is 1. The maximum Gasteiger partial charge on any atom is 0.204 e. The van der Waals surface area contributed by atoms with Crippen LogP contribution in [-0.4, -0.2) is 5.78 Å². The highest BCUT2D eigenvalue weighted by Gasteiger charge is 2.35. The van der Waals surface area contributed by atoms with Crippen molar-refractivity contribution in [1.82, 2.24) is 0 Å². The van der Waals surface area contributed by atoms with Gasteiger partial charge in [0.2, 0.25) is 5.78 Å². The molecule has 0 saturated carbocycles. The summed E-state index contributed by atoms with van der Waals surface area (Å²) in [6, 6.07) is 13.3. The van der Waals surface area contributed by atoms with Gasteiger partial charge >= 0.3 is 0 Å². The first-order valence-electron chi connectivity index (χ1n) is 4.64. The normalized spacial score (nSPS) is 11.4. The molecule has 0 saturated heterocycles. The molecule has 0 N–H and O–H groups in total. The molecule has 0 aliphatic rings. The van der Waals surface area contributed by atoms with E-state index < -0.39 is 3.23 Å². The van der Waals surface area contributed by atoms with E-state index in [1.54, 1.807) is 0 Å². The first-order chi connectivity index (χ1) is 7.62. The topological polar surface area (TPSA) is 17.1 Å². The van der Waals surface area contributed by atoms with Gasteiger partial charge < -0.3 is 0 Å². The number of hydrogen-bond acceptors (Lipinski definition) is 2. The van der Waals surface area contributed by atoms with Crippen LogP contribution in [0, 0.1) is 0 Å². The lowest BCUT2D eigenvalue weighted by Crippen LogP contribution is -2.21. The van der Waals surface area contributed by atoms with E-state index in [1.807, 2.05) is 47.8 Å². The number of thiophene rings is 1. The Labute approximate surface area is 115 Å². The van der Waals surface area contributed by atoms with Crippen molar-refractivity contribution >= 4 is 49.0 Å². The molecular weight excluding hydrogens is 352 g/mol. The Kier molecular flexibility index (Phi) is 3.62. The third-order valence-electron chi connectivity index (χ3n) is 2.17. The zero-order valence-corrected chi connectivity index (χ0v) is 12.2. The van der Waals surface area contributed by atoms with Gasteiger partial charge in [-0.05, 0) is 17.0 Å². The van der Waals surface area contributed by atoms with Crippen LogP contribution in [0.3, 0.4) is 0 Å². The average Bonchev–Trinajstić information content (AvgIpc) is 2.82. The predicted molar refractivity (Wildman–Crippen MR) is 74.6 cm³/mol. The largest absolute Gasteiger partial charge is 0.290 e. The van der Waals surface area contributed by atoms with E-state index in [2.05, 4.69) is 31.9 Å². The van der Waals surface area contributed by atoms with Gasteiger partial charge in [0.1, 0.15) is 0 Å². The van der Waals surface area contributed by atoms with E-state index in [0.29, 0.717) is 0 Å². The quantitative estimate of drug-likeness (QED) is 0.579. The molecule has 16 heavy (non-hydrogen) atoms. The van der Waals surface area contributed by atoms with Crippen LogP contribution in [0.15, 0.2) is 47.8 Å². The van der Waals surface area contributed by atoms with Crippen molar-refractivity contribution in [3.63, 3.8) is 0 Å². The van der Waals surface area contributed by atoms with Gasteiger partial charge in [-0.2, -0.15) is 0 Å². The van der Waals surface area contributed by atoms with Crippen molar-refractivity contribution in [2.45, 2.75) is 3.23 Å². The van der Waals surface area contributed by atoms with Crippen LogP contribution >= 0.6 is 43.2 Å². The number of benzene rings is 1. The second-order valence-corrected chi connectivity index (χ2v) is 7.64. The lowest BCUT2D eigenvalue weighted by atomic mass is 10.1. The van der Waals surface area contributed by atoms with Gasteiger partial charge in [0, 0.05) is 0 Å². The molecule has 0 atom stereocenters. The lowest BCUT2D eigenvalue weighted by molar-refractivity contribution is 0.0986. The Balaban J connectivity index is 2.36. The summed E-state index contributed by atoms with van der Waals surface area (Å²) in [5, 5.41) is 1.90.